The first-order chi connectivity index (χ1) is 8.93. The lowest BCUT2D eigenvalue weighted by Crippen LogP contribution is -2.47. The van der Waals surface area contributed by atoms with E-state index < -0.39 is 9.84 Å². The third kappa shape index (κ3) is 4.72. The van der Waals surface area contributed by atoms with Crippen molar-refractivity contribution in [2.45, 2.75) is 62.8 Å². The van der Waals surface area contributed by atoms with E-state index in [2.05, 4.69) is 12.2 Å². The minimum Gasteiger partial charge on any atom is -0.380 e. The second-order valence-corrected chi connectivity index (χ2v) is 8.08. The predicted molar refractivity (Wildman–Crippen MR) is 79.1 cm³/mol. The van der Waals surface area contributed by atoms with Gasteiger partial charge in [0, 0.05) is 19.4 Å². The largest absolute Gasteiger partial charge is 0.380 e. The zero-order valence-corrected chi connectivity index (χ0v) is 13.5. The van der Waals surface area contributed by atoms with E-state index in [1.807, 2.05) is 7.05 Å². The fraction of sp³-hybridized carbons (Fsp3) is 1.00. The minimum absolute atomic E-state index is 0.166. The lowest BCUT2D eigenvalue weighted by atomic mass is 9.80. The third-order valence-electron chi connectivity index (χ3n) is 4.39. The minimum atomic E-state index is -2.91. The summed E-state index contributed by atoms with van der Waals surface area (Å²) in [6.07, 6.45) is 7.34. The molecule has 1 aliphatic rings. The van der Waals surface area contributed by atoms with Crippen molar-refractivity contribution in [3.05, 3.63) is 0 Å². The quantitative estimate of drug-likeness (QED) is 0.779. The fourth-order valence-corrected chi connectivity index (χ4v) is 4.54. The van der Waals surface area contributed by atoms with Gasteiger partial charge in [0.2, 0.25) is 0 Å². The Balaban J connectivity index is 2.75. The summed E-state index contributed by atoms with van der Waals surface area (Å²) in [5, 5.41) is 3.19. The third-order valence-corrected chi connectivity index (χ3v) is 6.03. The van der Waals surface area contributed by atoms with Gasteiger partial charge in [0.05, 0.1) is 11.4 Å². The van der Waals surface area contributed by atoms with Gasteiger partial charge in [-0.05, 0) is 38.6 Å². The lowest BCUT2D eigenvalue weighted by molar-refractivity contribution is 0.0361. The molecule has 114 valence electrons. The summed E-state index contributed by atoms with van der Waals surface area (Å²) in [5.41, 5.74) is 0. The van der Waals surface area contributed by atoms with Crippen LogP contribution in [-0.2, 0) is 14.6 Å². The highest BCUT2D eigenvalue weighted by Crippen LogP contribution is 2.32. The van der Waals surface area contributed by atoms with Crippen LogP contribution in [0.25, 0.3) is 0 Å². The van der Waals surface area contributed by atoms with E-state index in [-0.39, 0.29) is 17.4 Å². The molecule has 1 saturated carbocycles. The maximum absolute atomic E-state index is 11.8. The molecule has 0 radical (unpaired) electrons. The van der Waals surface area contributed by atoms with Crippen molar-refractivity contribution in [3.63, 3.8) is 0 Å². The molecule has 4 unspecified atom stereocenters. The molecule has 1 aliphatic carbocycles. The molecule has 1 rings (SSSR count). The first-order valence-electron chi connectivity index (χ1n) is 7.32. The van der Waals surface area contributed by atoms with Crippen molar-refractivity contribution in [3.8, 4) is 0 Å². The average molecular weight is 291 g/mol. The van der Waals surface area contributed by atoms with Crippen LogP contribution in [0, 0.1) is 5.92 Å². The van der Waals surface area contributed by atoms with Crippen LogP contribution in [0.3, 0.4) is 0 Å². The molecule has 1 N–H and O–H groups in total. The molecule has 0 aliphatic heterocycles. The molecule has 19 heavy (non-hydrogen) atoms. The highest BCUT2D eigenvalue weighted by molar-refractivity contribution is 7.91. The molecular formula is C14H29NO3S. The van der Waals surface area contributed by atoms with Gasteiger partial charge >= 0.3 is 0 Å². The molecule has 5 heteroatoms. The number of ether oxygens (including phenoxy) is 1. The van der Waals surface area contributed by atoms with Crippen LogP contribution in [0.5, 0.6) is 0 Å². The standard InChI is InChI=1S/C14H29NO3S/c1-5-7-13(18-3)14(15-2)11-8-6-9-12(10-11)19(4,16)17/h11-15H,5-10H2,1-4H3. The van der Waals surface area contributed by atoms with E-state index in [4.69, 9.17) is 4.74 Å². The summed E-state index contributed by atoms with van der Waals surface area (Å²) >= 11 is 0. The van der Waals surface area contributed by atoms with E-state index >= 15 is 0 Å². The first kappa shape index (κ1) is 16.9. The van der Waals surface area contributed by atoms with Crippen LogP contribution >= 0.6 is 0 Å². The highest BCUT2D eigenvalue weighted by atomic mass is 32.2. The average Bonchev–Trinajstić information content (AvgIpc) is 2.38. The molecule has 0 bridgehead atoms. The van der Waals surface area contributed by atoms with Crippen molar-refractivity contribution in [1.82, 2.24) is 5.32 Å². The summed E-state index contributed by atoms with van der Waals surface area (Å²) in [6.45, 7) is 2.15. The molecule has 0 heterocycles. The van der Waals surface area contributed by atoms with E-state index in [1.165, 1.54) is 6.26 Å². The molecule has 0 aromatic rings. The van der Waals surface area contributed by atoms with E-state index in [0.717, 1.165) is 38.5 Å². The summed E-state index contributed by atoms with van der Waals surface area (Å²) in [6, 6.07) is 0.259. The van der Waals surface area contributed by atoms with Gasteiger partial charge in [0.25, 0.3) is 0 Å². The second kappa shape index (κ2) is 7.60. The monoisotopic (exact) mass is 291 g/mol. The Labute approximate surface area is 118 Å². The second-order valence-electron chi connectivity index (χ2n) is 5.76. The molecule has 0 saturated heterocycles. The number of hydrogen-bond acceptors (Lipinski definition) is 4. The van der Waals surface area contributed by atoms with Gasteiger partial charge < -0.3 is 10.1 Å². The van der Waals surface area contributed by atoms with Crippen molar-refractivity contribution in [2.24, 2.45) is 5.92 Å². The van der Waals surface area contributed by atoms with Crippen LogP contribution in [0.2, 0.25) is 0 Å². The maximum atomic E-state index is 11.8. The number of sulfone groups is 1. The first-order valence-corrected chi connectivity index (χ1v) is 9.28. The van der Waals surface area contributed by atoms with Crippen LogP contribution in [0.4, 0.5) is 0 Å². The summed E-state index contributed by atoms with van der Waals surface area (Å²) < 4.78 is 29.1. The summed E-state index contributed by atoms with van der Waals surface area (Å²) in [7, 11) is 0.792. The van der Waals surface area contributed by atoms with Gasteiger partial charge in [-0.3, -0.25) is 0 Å². The molecule has 0 aromatic carbocycles. The molecule has 0 aromatic heterocycles. The van der Waals surface area contributed by atoms with Gasteiger partial charge in [-0.2, -0.15) is 0 Å². The van der Waals surface area contributed by atoms with Crippen LogP contribution in [0.1, 0.15) is 45.4 Å². The van der Waals surface area contributed by atoms with Crippen LogP contribution < -0.4 is 5.32 Å². The summed E-state index contributed by atoms with van der Waals surface area (Å²) in [4.78, 5) is 0. The molecule has 4 nitrogen and oxygen atoms in total. The van der Waals surface area contributed by atoms with E-state index in [0.29, 0.717) is 5.92 Å². The SMILES string of the molecule is CCCC(OC)C(NC)C1CCCC(S(C)(=O)=O)C1. The Hall–Kier alpha value is -0.130. The molecule has 1 fully saturated rings. The van der Waals surface area contributed by atoms with Crippen molar-refractivity contribution < 1.29 is 13.2 Å². The normalized spacial score (nSPS) is 28.0. The maximum Gasteiger partial charge on any atom is 0.150 e. The Bertz CT molecular complexity index is 356. The molecule has 0 amide bonds. The Morgan fingerprint density at radius 2 is 2.05 bits per heavy atom. The Morgan fingerprint density at radius 3 is 2.53 bits per heavy atom. The number of methoxy groups -OCH3 is 1. The zero-order chi connectivity index (χ0) is 14.5. The van der Waals surface area contributed by atoms with Crippen LogP contribution in [0.15, 0.2) is 0 Å². The van der Waals surface area contributed by atoms with Gasteiger partial charge in [-0.25, -0.2) is 8.42 Å². The number of likely N-dealkylation sites (N-methyl/N-ethyl adjacent to an activating group) is 1. The molecule has 4 atom stereocenters. The topological polar surface area (TPSA) is 55.4 Å². The molecular weight excluding hydrogens is 262 g/mol. The van der Waals surface area contributed by atoms with Crippen molar-refractivity contribution in [2.75, 3.05) is 20.4 Å². The van der Waals surface area contributed by atoms with E-state index in [9.17, 15) is 8.42 Å². The Kier molecular flexibility index (Phi) is 6.77. The summed E-state index contributed by atoms with van der Waals surface area (Å²) in [5.74, 6) is 0.398. The van der Waals surface area contributed by atoms with Gasteiger partial charge in [-0.1, -0.05) is 19.8 Å². The van der Waals surface area contributed by atoms with Gasteiger partial charge in [0.1, 0.15) is 9.84 Å². The highest BCUT2D eigenvalue weighted by Gasteiger charge is 2.35. The smallest absolute Gasteiger partial charge is 0.150 e. The van der Waals surface area contributed by atoms with Crippen molar-refractivity contribution >= 4 is 9.84 Å². The van der Waals surface area contributed by atoms with E-state index in [1.54, 1.807) is 7.11 Å². The van der Waals surface area contributed by atoms with Crippen LogP contribution in [-0.4, -0.2) is 46.2 Å². The Morgan fingerprint density at radius 1 is 1.37 bits per heavy atom. The fourth-order valence-electron chi connectivity index (χ4n) is 3.35. The van der Waals surface area contributed by atoms with Gasteiger partial charge in [0.15, 0.2) is 0 Å². The number of hydrogen-bond donors (Lipinski definition) is 1. The van der Waals surface area contributed by atoms with Gasteiger partial charge in [-0.15, -0.1) is 0 Å². The number of nitrogens with one attached hydrogen (secondary N) is 1. The molecule has 0 spiro atoms. The number of rotatable bonds is 7. The zero-order valence-electron chi connectivity index (χ0n) is 12.7. The lowest BCUT2D eigenvalue weighted by Gasteiger charge is -2.37. The van der Waals surface area contributed by atoms with Crippen molar-refractivity contribution in [1.29, 1.82) is 0 Å². The predicted octanol–water partition coefficient (Wildman–Crippen LogP) is 1.99.